The van der Waals surface area contributed by atoms with Crippen molar-refractivity contribution >= 4 is 0 Å². The molecular formula is C10H22N2. The van der Waals surface area contributed by atoms with Gasteiger partial charge in [0.15, 0.2) is 0 Å². The van der Waals surface area contributed by atoms with Gasteiger partial charge in [0.25, 0.3) is 0 Å². The van der Waals surface area contributed by atoms with Crippen molar-refractivity contribution in [3.05, 3.63) is 0 Å². The molecule has 0 spiro atoms. The van der Waals surface area contributed by atoms with Crippen molar-refractivity contribution in [2.75, 3.05) is 13.1 Å². The Bertz CT molecular complexity index is 125. The van der Waals surface area contributed by atoms with Crippen LogP contribution < -0.4 is 5.73 Å². The number of likely N-dealkylation sites (tertiary alicyclic amines) is 1. The molecule has 2 atom stereocenters. The van der Waals surface area contributed by atoms with E-state index in [-0.39, 0.29) is 0 Å². The molecule has 0 aromatic heterocycles. The number of nitrogens with zero attached hydrogens (tertiary/aromatic N) is 1. The van der Waals surface area contributed by atoms with Crippen molar-refractivity contribution in [1.82, 2.24) is 4.90 Å². The second-order valence-electron chi connectivity index (χ2n) is 4.01. The summed E-state index contributed by atoms with van der Waals surface area (Å²) in [5.41, 5.74) is 5.92. The summed E-state index contributed by atoms with van der Waals surface area (Å²) in [6.07, 6.45) is 5.22. The Morgan fingerprint density at radius 3 is 2.83 bits per heavy atom. The second kappa shape index (κ2) is 4.83. The Morgan fingerprint density at radius 2 is 2.25 bits per heavy atom. The van der Waals surface area contributed by atoms with E-state index in [0.29, 0.717) is 6.04 Å². The maximum absolute atomic E-state index is 5.92. The Labute approximate surface area is 76.1 Å². The van der Waals surface area contributed by atoms with Crippen LogP contribution in [0.15, 0.2) is 0 Å². The van der Waals surface area contributed by atoms with Gasteiger partial charge in [-0.15, -0.1) is 0 Å². The number of hydrogen-bond acceptors (Lipinski definition) is 2. The van der Waals surface area contributed by atoms with E-state index in [1.54, 1.807) is 0 Å². The van der Waals surface area contributed by atoms with E-state index in [9.17, 15) is 0 Å². The van der Waals surface area contributed by atoms with E-state index in [0.717, 1.165) is 19.0 Å². The zero-order valence-electron chi connectivity index (χ0n) is 8.42. The summed E-state index contributed by atoms with van der Waals surface area (Å²) in [6, 6.07) is 1.14. The molecule has 0 aliphatic carbocycles. The van der Waals surface area contributed by atoms with Crippen molar-refractivity contribution in [1.29, 1.82) is 0 Å². The Morgan fingerprint density at radius 1 is 1.50 bits per heavy atom. The number of hydrogen-bond donors (Lipinski definition) is 1. The molecule has 0 bridgehead atoms. The van der Waals surface area contributed by atoms with Crippen LogP contribution in [0.3, 0.4) is 0 Å². The smallest absolute Gasteiger partial charge is 0.0165 e. The molecule has 1 heterocycles. The van der Waals surface area contributed by atoms with E-state index in [2.05, 4.69) is 18.7 Å². The van der Waals surface area contributed by atoms with Crippen LogP contribution in [0.5, 0.6) is 0 Å². The highest BCUT2D eigenvalue weighted by molar-refractivity contribution is 4.76. The van der Waals surface area contributed by atoms with Crippen LogP contribution in [0.25, 0.3) is 0 Å². The van der Waals surface area contributed by atoms with Gasteiger partial charge in [0, 0.05) is 18.6 Å². The lowest BCUT2D eigenvalue weighted by molar-refractivity contribution is 0.150. The minimum absolute atomic E-state index is 0.380. The third-order valence-corrected chi connectivity index (χ3v) is 2.93. The molecule has 1 rings (SSSR count). The van der Waals surface area contributed by atoms with Crippen molar-refractivity contribution in [3.63, 3.8) is 0 Å². The molecule has 2 heteroatoms. The molecule has 1 aliphatic rings. The first kappa shape index (κ1) is 10.0. The van der Waals surface area contributed by atoms with Crippen LogP contribution in [0.1, 0.15) is 39.5 Å². The van der Waals surface area contributed by atoms with E-state index < -0.39 is 0 Å². The Hall–Kier alpha value is -0.0800. The van der Waals surface area contributed by atoms with Crippen LogP contribution in [-0.4, -0.2) is 30.1 Å². The fraction of sp³-hybridized carbons (Fsp3) is 1.00. The monoisotopic (exact) mass is 170 g/mol. The van der Waals surface area contributed by atoms with Gasteiger partial charge in [-0.3, -0.25) is 4.90 Å². The molecule has 72 valence electrons. The Balaban J connectivity index is 2.28. The van der Waals surface area contributed by atoms with Gasteiger partial charge >= 0.3 is 0 Å². The lowest BCUT2D eigenvalue weighted by atomic mass is 10.0. The van der Waals surface area contributed by atoms with Gasteiger partial charge in [-0.1, -0.05) is 13.3 Å². The molecule has 0 saturated carbocycles. The average Bonchev–Trinajstić information content (AvgIpc) is 2.09. The predicted molar refractivity (Wildman–Crippen MR) is 53.2 cm³/mol. The molecule has 1 unspecified atom stereocenters. The lowest BCUT2D eigenvalue weighted by Gasteiger charge is -2.34. The van der Waals surface area contributed by atoms with Crippen LogP contribution in [0.4, 0.5) is 0 Å². The molecule has 0 amide bonds. The summed E-state index contributed by atoms with van der Waals surface area (Å²) in [4.78, 5) is 2.54. The highest BCUT2D eigenvalue weighted by Gasteiger charge is 2.19. The average molecular weight is 170 g/mol. The summed E-state index contributed by atoms with van der Waals surface area (Å²) >= 11 is 0. The summed E-state index contributed by atoms with van der Waals surface area (Å²) in [7, 11) is 0. The minimum atomic E-state index is 0.380. The first-order chi connectivity index (χ1) is 5.74. The second-order valence-corrected chi connectivity index (χ2v) is 4.01. The summed E-state index contributed by atoms with van der Waals surface area (Å²) in [6.45, 7) is 6.84. The molecule has 0 aromatic carbocycles. The molecule has 1 saturated heterocycles. The minimum Gasteiger partial charge on any atom is -0.327 e. The third kappa shape index (κ3) is 2.76. The van der Waals surface area contributed by atoms with Crippen molar-refractivity contribution in [2.45, 2.75) is 51.6 Å². The molecule has 0 radical (unpaired) electrons. The van der Waals surface area contributed by atoms with E-state index >= 15 is 0 Å². The normalized spacial score (nSPS) is 28.8. The molecule has 0 aromatic rings. The van der Waals surface area contributed by atoms with Gasteiger partial charge in [-0.25, -0.2) is 0 Å². The first-order valence-electron chi connectivity index (χ1n) is 5.23. The van der Waals surface area contributed by atoms with Crippen molar-refractivity contribution in [2.24, 2.45) is 5.73 Å². The SMILES string of the molecule is CC[C@@H](N)CN1CCCCC1C. The number of nitrogens with two attached hydrogens (primary N) is 1. The van der Waals surface area contributed by atoms with Crippen molar-refractivity contribution in [3.8, 4) is 0 Å². The highest BCUT2D eigenvalue weighted by atomic mass is 15.2. The molecular weight excluding hydrogens is 148 g/mol. The van der Waals surface area contributed by atoms with Gasteiger partial charge in [-0.2, -0.15) is 0 Å². The zero-order chi connectivity index (χ0) is 8.97. The standard InChI is InChI=1S/C10H22N2/c1-3-10(11)8-12-7-5-4-6-9(12)2/h9-10H,3-8,11H2,1-2H3/t9?,10-/m1/s1. The van der Waals surface area contributed by atoms with E-state index in [1.165, 1.54) is 25.8 Å². The quantitative estimate of drug-likeness (QED) is 0.697. The number of rotatable bonds is 3. The van der Waals surface area contributed by atoms with Crippen LogP contribution in [-0.2, 0) is 0 Å². The molecule has 1 fully saturated rings. The molecule has 1 aliphatic heterocycles. The van der Waals surface area contributed by atoms with Crippen LogP contribution >= 0.6 is 0 Å². The van der Waals surface area contributed by atoms with Gasteiger partial charge in [0.2, 0.25) is 0 Å². The first-order valence-corrected chi connectivity index (χ1v) is 5.23. The Kier molecular flexibility index (Phi) is 4.02. The zero-order valence-corrected chi connectivity index (χ0v) is 8.42. The molecule has 12 heavy (non-hydrogen) atoms. The largest absolute Gasteiger partial charge is 0.327 e. The lowest BCUT2D eigenvalue weighted by Crippen LogP contribution is -2.44. The van der Waals surface area contributed by atoms with Gasteiger partial charge < -0.3 is 5.73 Å². The highest BCUT2D eigenvalue weighted by Crippen LogP contribution is 2.16. The summed E-state index contributed by atoms with van der Waals surface area (Å²) in [5, 5.41) is 0. The van der Waals surface area contributed by atoms with Crippen molar-refractivity contribution < 1.29 is 0 Å². The molecule has 2 N–H and O–H groups in total. The fourth-order valence-corrected chi connectivity index (χ4v) is 1.86. The number of piperidine rings is 1. The molecule has 2 nitrogen and oxygen atoms in total. The fourth-order valence-electron chi connectivity index (χ4n) is 1.86. The van der Waals surface area contributed by atoms with E-state index in [4.69, 9.17) is 5.73 Å². The topological polar surface area (TPSA) is 29.3 Å². The van der Waals surface area contributed by atoms with E-state index in [1.807, 2.05) is 0 Å². The van der Waals surface area contributed by atoms with Crippen LogP contribution in [0.2, 0.25) is 0 Å². The summed E-state index contributed by atoms with van der Waals surface area (Å²) in [5.74, 6) is 0. The van der Waals surface area contributed by atoms with Gasteiger partial charge in [0.05, 0.1) is 0 Å². The van der Waals surface area contributed by atoms with Crippen LogP contribution in [0, 0.1) is 0 Å². The third-order valence-electron chi connectivity index (χ3n) is 2.93. The predicted octanol–water partition coefficient (Wildman–Crippen LogP) is 1.60. The maximum Gasteiger partial charge on any atom is 0.0165 e. The maximum atomic E-state index is 5.92. The summed E-state index contributed by atoms with van der Waals surface area (Å²) < 4.78 is 0. The van der Waals surface area contributed by atoms with Gasteiger partial charge in [0.1, 0.15) is 0 Å². The van der Waals surface area contributed by atoms with Gasteiger partial charge in [-0.05, 0) is 32.7 Å².